The van der Waals surface area contributed by atoms with E-state index in [9.17, 15) is 0 Å². The van der Waals surface area contributed by atoms with E-state index < -0.39 is 0 Å². The SMILES string of the molecule is CC(C)COC1(CBr)CCOCC1. The summed E-state index contributed by atoms with van der Waals surface area (Å²) in [7, 11) is 0. The molecule has 3 heteroatoms. The van der Waals surface area contributed by atoms with E-state index in [-0.39, 0.29) is 5.60 Å². The monoisotopic (exact) mass is 250 g/mol. The first kappa shape index (κ1) is 11.5. The van der Waals surface area contributed by atoms with Crippen LogP contribution in [0.25, 0.3) is 0 Å². The Labute approximate surface area is 89.1 Å². The third-order valence-electron chi connectivity index (χ3n) is 2.37. The molecule has 0 unspecified atom stereocenters. The third-order valence-corrected chi connectivity index (χ3v) is 3.39. The van der Waals surface area contributed by atoms with Gasteiger partial charge in [0.1, 0.15) is 0 Å². The van der Waals surface area contributed by atoms with E-state index in [4.69, 9.17) is 9.47 Å². The van der Waals surface area contributed by atoms with Crippen molar-refractivity contribution in [3.05, 3.63) is 0 Å². The second-order valence-corrected chi connectivity index (χ2v) is 4.69. The predicted octanol–water partition coefficient (Wildman–Crippen LogP) is 2.60. The van der Waals surface area contributed by atoms with Crippen LogP contribution in [0.15, 0.2) is 0 Å². The molecule has 0 aliphatic carbocycles. The van der Waals surface area contributed by atoms with E-state index in [1.54, 1.807) is 0 Å². The van der Waals surface area contributed by atoms with Gasteiger partial charge >= 0.3 is 0 Å². The summed E-state index contributed by atoms with van der Waals surface area (Å²) < 4.78 is 11.3. The van der Waals surface area contributed by atoms with E-state index in [1.165, 1.54) is 0 Å². The molecule has 0 saturated carbocycles. The maximum absolute atomic E-state index is 5.95. The van der Waals surface area contributed by atoms with Crippen LogP contribution in [0.5, 0.6) is 0 Å². The average Bonchev–Trinajstić information content (AvgIpc) is 2.16. The Bertz CT molecular complexity index is 142. The van der Waals surface area contributed by atoms with E-state index in [1.807, 2.05) is 0 Å². The van der Waals surface area contributed by atoms with E-state index in [0.717, 1.165) is 38.0 Å². The lowest BCUT2D eigenvalue weighted by molar-refractivity contribution is -0.102. The van der Waals surface area contributed by atoms with Gasteiger partial charge in [0.15, 0.2) is 0 Å². The number of halogens is 1. The van der Waals surface area contributed by atoms with Crippen LogP contribution in [-0.2, 0) is 9.47 Å². The Hall–Kier alpha value is 0.400. The van der Waals surface area contributed by atoms with E-state index in [0.29, 0.717) is 5.92 Å². The first-order valence-electron chi connectivity index (χ1n) is 4.96. The number of hydrogen-bond donors (Lipinski definition) is 0. The lowest BCUT2D eigenvalue weighted by Crippen LogP contribution is -2.41. The van der Waals surface area contributed by atoms with Gasteiger partial charge in [0.2, 0.25) is 0 Å². The lowest BCUT2D eigenvalue weighted by Gasteiger charge is -2.36. The molecule has 0 aromatic heterocycles. The molecule has 1 saturated heterocycles. The van der Waals surface area contributed by atoms with Crippen molar-refractivity contribution in [2.45, 2.75) is 32.3 Å². The minimum absolute atomic E-state index is 0.0442. The van der Waals surface area contributed by atoms with Gasteiger partial charge in [-0.15, -0.1) is 0 Å². The van der Waals surface area contributed by atoms with Gasteiger partial charge in [0.25, 0.3) is 0 Å². The van der Waals surface area contributed by atoms with Crippen molar-refractivity contribution >= 4 is 15.9 Å². The van der Waals surface area contributed by atoms with Crippen LogP contribution in [0.4, 0.5) is 0 Å². The molecule has 0 aromatic rings. The number of alkyl halides is 1. The smallest absolute Gasteiger partial charge is 0.0822 e. The van der Waals surface area contributed by atoms with Gasteiger partial charge in [-0.1, -0.05) is 29.8 Å². The van der Waals surface area contributed by atoms with Gasteiger partial charge in [-0.25, -0.2) is 0 Å². The second-order valence-electron chi connectivity index (χ2n) is 4.13. The molecular formula is C10H19BrO2. The van der Waals surface area contributed by atoms with Crippen molar-refractivity contribution in [1.82, 2.24) is 0 Å². The van der Waals surface area contributed by atoms with Gasteiger partial charge in [0.05, 0.1) is 5.60 Å². The Morgan fingerprint density at radius 3 is 2.46 bits per heavy atom. The number of ether oxygens (including phenoxy) is 2. The highest BCUT2D eigenvalue weighted by Gasteiger charge is 2.32. The highest BCUT2D eigenvalue weighted by Crippen LogP contribution is 2.27. The van der Waals surface area contributed by atoms with Gasteiger partial charge in [-0.3, -0.25) is 0 Å². The van der Waals surface area contributed by atoms with Crippen LogP contribution in [0.1, 0.15) is 26.7 Å². The summed E-state index contributed by atoms with van der Waals surface area (Å²) in [6, 6.07) is 0. The van der Waals surface area contributed by atoms with Crippen LogP contribution in [0.3, 0.4) is 0 Å². The van der Waals surface area contributed by atoms with Crippen molar-refractivity contribution in [1.29, 1.82) is 0 Å². The van der Waals surface area contributed by atoms with Gasteiger partial charge in [0, 0.05) is 38.0 Å². The number of hydrogen-bond acceptors (Lipinski definition) is 2. The maximum atomic E-state index is 5.95. The number of rotatable bonds is 4. The highest BCUT2D eigenvalue weighted by atomic mass is 79.9. The molecule has 0 atom stereocenters. The molecule has 1 aliphatic heterocycles. The minimum Gasteiger partial charge on any atom is -0.381 e. The summed E-state index contributed by atoms with van der Waals surface area (Å²) in [6.07, 6.45) is 2.04. The maximum Gasteiger partial charge on any atom is 0.0822 e. The normalized spacial score (nSPS) is 22.2. The third kappa shape index (κ3) is 3.56. The fraction of sp³-hybridized carbons (Fsp3) is 1.00. The Balaban J connectivity index is 2.38. The first-order chi connectivity index (χ1) is 6.18. The van der Waals surface area contributed by atoms with Gasteiger partial charge in [-0.2, -0.15) is 0 Å². The minimum atomic E-state index is 0.0442. The standard InChI is InChI=1S/C10H19BrO2/c1-9(2)7-13-10(8-11)3-5-12-6-4-10/h9H,3-8H2,1-2H3. The molecule has 78 valence electrons. The molecule has 1 heterocycles. The summed E-state index contributed by atoms with van der Waals surface area (Å²) in [5, 5.41) is 0.927. The average molecular weight is 251 g/mol. The fourth-order valence-corrected chi connectivity index (χ4v) is 2.13. The zero-order chi connectivity index (χ0) is 9.73. The molecule has 1 rings (SSSR count). The van der Waals surface area contributed by atoms with Gasteiger partial charge in [-0.05, 0) is 5.92 Å². The molecule has 0 N–H and O–H groups in total. The van der Waals surface area contributed by atoms with Crippen molar-refractivity contribution in [3.63, 3.8) is 0 Å². The van der Waals surface area contributed by atoms with Gasteiger partial charge < -0.3 is 9.47 Å². The largest absolute Gasteiger partial charge is 0.381 e. The van der Waals surface area contributed by atoms with Crippen LogP contribution < -0.4 is 0 Å². The zero-order valence-electron chi connectivity index (χ0n) is 8.51. The van der Waals surface area contributed by atoms with E-state index >= 15 is 0 Å². The highest BCUT2D eigenvalue weighted by molar-refractivity contribution is 9.09. The van der Waals surface area contributed by atoms with Crippen LogP contribution in [0.2, 0.25) is 0 Å². The molecule has 0 spiro atoms. The predicted molar refractivity (Wildman–Crippen MR) is 57.4 cm³/mol. The summed E-state index contributed by atoms with van der Waals surface area (Å²) in [5.74, 6) is 0.610. The Morgan fingerprint density at radius 2 is 2.00 bits per heavy atom. The second kappa shape index (κ2) is 5.32. The molecular weight excluding hydrogens is 232 g/mol. The molecule has 0 amide bonds. The molecule has 1 fully saturated rings. The quantitative estimate of drug-likeness (QED) is 0.715. The fourth-order valence-electron chi connectivity index (χ4n) is 1.40. The van der Waals surface area contributed by atoms with E-state index in [2.05, 4.69) is 29.8 Å². The Morgan fingerprint density at radius 1 is 1.38 bits per heavy atom. The van der Waals surface area contributed by atoms with Crippen LogP contribution >= 0.6 is 15.9 Å². The summed E-state index contributed by atoms with van der Waals surface area (Å²) >= 11 is 3.54. The topological polar surface area (TPSA) is 18.5 Å². The summed E-state index contributed by atoms with van der Waals surface area (Å²) in [6.45, 7) is 6.89. The van der Waals surface area contributed by atoms with Crippen molar-refractivity contribution in [3.8, 4) is 0 Å². The molecule has 0 radical (unpaired) electrons. The van der Waals surface area contributed by atoms with Crippen LogP contribution in [-0.4, -0.2) is 30.8 Å². The van der Waals surface area contributed by atoms with Crippen LogP contribution in [0, 0.1) is 5.92 Å². The van der Waals surface area contributed by atoms with Crippen molar-refractivity contribution in [2.24, 2.45) is 5.92 Å². The summed E-state index contributed by atoms with van der Waals surface area (Å²) in [4.78, 5) is 0. The van der Waals surface area contributed by atoms with Crippen molar-refractivity contribution in [2.75, 3.05) is 25.2 Å². The molecule has 0 bridgehead atoms. The summed E-state index contributed by atoms with van der Waals surface area (Å²) in [5.41, 5.74) is 0.0442. The Kier molecular flexibility index (Phi) is 4.70. The van der Waals surface area contributed by atoms with Crippen molar-refractivity contribution < 1.29 is 9.47 Å². The molecule has 2 nitrogen and oxygen atoms in total. The molecule has 13 heavy (non-hydrogen) atoms. The molecule has 1 aliphatic rings. The first-order valence-corrected chi connectivity index (χ1v) is 6.08. The zero-order valence-corrected chi connectivity index (χ0v) is 10.1. The molecule has 0 aromatic carbocycles. The lowest BCUT2D eigenvalue weighted by atomic mass is 9.96.